The number of rotatable bonds is 3. The molecule has 0 unspecified atom stereocenters. The predicted octanol–water partition coefficient (Wildman–Crippen LogP) is 2.37. The van der Waals surface area contributed by atoms with E-state index < -0.39 is 0 Å². The average Bonchev–Trinajstić information content (AvgIpc) is 2.72. The van der Waals surface area contributed by atoms with Gasteiger partial charge in [-0.1, -0.05) is 42.5 Å². The minimum atomic E-state index is 0.701. The summed E-state index contributed by atoms with van der Waals surface area (Å²) in [6.07, 6.45) is 4.25. The second kappa shape index (κ2) is 4.15. The highest BCUT2D eigenvalue weighted by Gasteiger charge is 2.02. The third-order valence-electron chi connectivity index (χ3n) is 1.98. The number of nitrogens with zero attached hydrogens (tertiary/aromatic N) is 1. The van der Waals surface area contributed by atoms with Crippen molar-refractivity contribution in [3.8, 4) is 0 Å². The van der Waals surface area contributed by atoms with Crippen LogP contribution in [0.4, 0.5) is 0 Å². The van der Waals surface area contributed by atoms with Gasteiger partial charge in [0.15, 0.2) is 0 Å². The molecule has 0 radical (unpaired) electrons. The Bertz CT molecular complexity index is 406. The van der Waals surface area contributed by atoms with E-state index in [4.69, 9.17) is 12.2 Å². The monoisotopic (exact) mass is 202 g/mol. The number of hydrogen-bond donors (Lipinski definition) is 1. The molecule has 0 saturated heterocycles. The van der Waals surface area contributed by atoms with Crippen molar-refractivity contribution in [1.82, 2.24) is 9.97 Å². The quantitative estimate of drug-likeness (QED) is 0.611. The van der Waals surface area contributed by atoms with Crippen molar-refractivity contribution in [2.24, 2.45) is 0 Å². The SMILES string of the molecule is S=C(Cc1ncc[nH]1)c1ccccc1. The smallest absolute Gasteiger partial charge is 0.111 e. The van der Waals surface area contributed by atoms with Crippen molar-refractivity contribution in [3.63, 3.8) is 0 Å². The molecule has 1 aromatic heterocycles. The number of nitrogens with one attached hydrogen (secondary N) is 1. The van der Waals surface area contributed by atoms with Crippen LogP contribution in [0.2, 0.25) is 0 Å². The van der Waals surface area contributed by atoms with E-state index in [1.54, 1.807) is 6.20 Å². The maximum atomic E-state index is 5.31. The minimum absolute atomic E-state index is 0.701. The van der Waals surface area contributed by atoms with E-state index in [2.05, 4.69) is 9.97 Å². The first kappa shape index (κ1) is 9.09. The fourth-order valence-corrected chi connectivity index (χ4v) is 1.55. The number of imidazole rings is 1. The lowest BCUT2D eigenvalue weighted by molar-refractivity contribution is 1.09. The van der Waals surface area contributed by atoms with E-state index in [9.17, 15) is 0 Å². The number of thiocarbonyl (C=S) groups is 1. The zero-order valence-electron chi connectivity index (χ0n) is 7.60. The summed E-state index contributed by atoms with van der Waals surface area (Å²) in [5.74, 6) is 0.916. The predicted molar refractivity (Wildman–Crippen MR) is 60.4 cm³/mol. The number of H-pyrrole nitrogens is 1. The van der Waals surface area contributed by atoms with Crippen LogP contribution in [0, 0.1) is 0 Å². The van der Waals surface area contributed by atoms with Gasteiger partial charge in [-0.15, -0.1) is 0 Å². The molecular formula is C11H10N2S. The van der Waals surface area contributed by atoms with Crippen LogP contribution in [-0.4, -0.2) is 14.8 Å². The van der Waals surface area contributed by atoms with Crippen molar-refractivity contribution in [1.29, 1.82) is 0 Å². The molecule has 70 valence electrons. The van der Waals surface area contributed by atoms with Crippen LogP contribution < -0.4 is 0 Å². The van der Waals surface area contributed by atoms with Gasteiger partial charge < -0.3 is 4.98 Å². The Kier molecular flexibility index (Phi) is 2.70. The van der Waals surface area contributed by atoms with Gasteiger partial charge in [-0.2, -0.15) is 0 Å². The zero-order chi connectivity index (χ0) is 9.80. The molecule has 3 heteroatoms. The molecule has 2 aromatic rings. The molecule has 1 aromatic carbocycles. The second-order valence-electron chi connectivity index (χ2n) is 3.00. The van der Waals surface area contributed by atoms with Crippen LogP contribution in [0.25, 0.3) is 0 Å². The van der Waals surface area contributed by atoms with E-state index in [-0.39, 0.29) is 0 Å². The molecule has 0 fully saturated rings. The Morgan fingerprint density at radius 1 is 1.29 bits per heavy atom. The van der Waals surface area contributed by atoms with Gasteiger partial charge >= 0.3 is 0 Å². The third-order valence-corrected chi connectivity index (χ3v) is 2.36. The largest absolute Gasteiger partial charge is 0.348 e. The molecule has 0 bridgehead atoms. The molecule has 0 aliphatic heterocycles. The molecule has 1 N–H and O–H groups in total. The highest BCUT2D eigenvalue weighted by atomic mass is 32.1. The molecule has 0 saturated carbocycles. The van der Waals surface area contributed by atoms with Crippen LogP contribution in [0.1, 0.15) is 11.4 Å². The van der Waals surface area contributed by atoms with Crippen LogP contribution in [0.5, 0.6) is 0 Å². The van der Waals surface area contributed by atoms with Gasteiger partial charge in [-0.25, -0.2) is 4.98 Å². The van der Waals surface area contributed by atoms with E-state index in [0.717, 1.165) is 16.3 Å². The van der Waals surface area contributed by atoms with E-state index in [0.29, 0.717) is 6.42 Å². The molecule has 2 rings (SSSR count). The molecule has 0 spiro atoms. The summed E-state index contributed by atoms with van der Waals surface area (Å²) >= 11 is 5.31. The first-order valence-electron chi connectivity index (χ1n) is 4.43. The molecule has 1 heterocycles. The molecule has 0 aliphatic carbocycles. The molecule has 0 amide bonds. The molecule has 2 nitrogen and oxygen atoms in total. The summed E-state index contributed by atoms with van der Waals surface area (Å²) in [7, 11) is 0. The fraction of sp³-hybridized carbons (Fsp3) is 0.0909. The number of benzene rings is 1. The molecule has 0 atom stereocenters. The van der Waals surface area contributed by atoms with Gasteiger partial charge in [0, 0.05) is 23.7 Å². The van der Waals surface area contributed by atoms with E-state index in [1.165, 1.54) is 0 Å². The third kappa shape index (κ3) is 2.06. The van der Waals surface area contributed by atoms with Crippen LogP contribution in [0.15, 0.2) is 42.7 Å². The van der Waals surface area contributed by atoms with Crippen molar-refractivity contribution >= 4 is 17.1 Å². The molecule has 0 aliphatic rings. The maximum Gasteiger partial charge on any atom is 0.111 e. The fourth-order valence-electron chi connectivity index (χ4n) is 1.27. The topological polar surface area (TPSA) is 28.7 Å². The number of aromatic amines is 1. The van der Waals surface area contributed by atoms with Crippen molar-refractivity contribution in [3.05, 3.63) is 54.1 Å². The number of hydrogen-bond acceptors (Lipinski definition) is 2. The standard InChI is InChI=1S/C11H10N2S/c14-10(8-11-12-6-7-13-11)9-4-2-1-3-5-9/h1-7H,8H2,(H,12,13). The van der Waals surface area contributed by atoms with Crippen molar-refractivity contribution in [2.75, 3.05) is 0 Å². The van der Waals surface area contributed by atoms with Crippen molar-refractivity contribution in [2.45, 2.75) is 6.42 Å². The van der Waals surface area contributed by atoms with Gasteiger partial charge in [-0.3, -0.25) is 0 Å². The Hall–Kier alpha value is -1.48. The maximum absolute atomic E-state index is 5.31. The van der Waals surface area contributed by atoms with Gasteiger partial charge in [0.25, 0.3) is 0 Å². The number of aromatic nitrogens is 2. The zero-order valence-corrected chi connectivity index (χ0v) is 8.42. The summed E-state index contributed by atoms with van der Waals surface area (Å²) < 4.78 is 0. The lowest BCUT2D eigenvalue weighted by Gasteiger charge is -2.00. The van der Waals surface area contributed by atoms with Crippen molar-refractivity contribution < 1.29 is 0 Å². The lowest BCUT2D eigenvalue weighted by Crippen LogP contribution is -2.02. The lowest BCUT2D eigenvalue weighted by atomic mass is 10.1. The van der Waals surface area contributed by atoms with E-state index >= 15 is 0 Å². The van der Waals surface area contributed by atoms with Crippen LogP contribution >= 0.6 is 12.2 Å². The molecule has 14 heavy (non-hydrogen) atoms. The van der Waals surface area contributed by atoms with Crippen LogP contribution in [-0.2, 0) is 6.42 Å². The normalized spacial score (nSPS) is 10.0. The Labute approximate surface area is 88.0 Å². The Morgan fingerprint density at radius 3 is 2.71 bits per heavy atom. The highest BCUT2D eigenvalue weighted by molar-refractivity contribution is 7.80. The van der Waals surface area contributed by atoms with Gasteiger partial charge in [0.2, 0.25) is 0 Å². The first-order chi connectivity index (χ1) is 6.86. The highest BCUT2D eigenvalue weighted by Crippen LogP contribution is 2.05. The average molecular weight is 202 g/mol. The minimum Gasteiger partial charge on any atom is -0.348 e. The Balaban J connectivity index is 2.11. The van der Waals surface area contributed by atoms with E-state index in [1.807, 2.05) is 36.5 Å². The summed E-state index contributed by atoms with van der Waals surface area (Å²) in [4.78, 5) is 8.10. The van der Waals surface area contributed by atoms with Gasteiger partial charge in [-0.05, 0) is 5.56 Å². The Morgan fingerprint density at radius 2 is 2.07 bits per heavy atom. The second-order valence-corrected chi connectivity index (χ2v) is 3.49. The first-order valence-corrected chi connectivity index (χ1v) is 4.83. The van der Waals surface area contributed by atoms with Gasteiger partial charge in [0.05, 0.1) is 0 Å². The molecular weight excluding hydrogens is 192 g/mol. The van der Waals surface area contributed by atoms with Crippen LogP contribution in [0.3, 0.4) is 0 Å². The summed E-state index contributed by atoms with van der Waals surface area (Å²) in [6.45, 7) is 0. The van der Waals surface area contributed by atoms with Gasteiger partial charge in [0.1, 0.15) is 5.82 Å². The summed E-state index contributed by atoms with van der Waals surface area (Å²) in [6, 6.07) is 10.0. The summed E-state index contributed by atoms with van der Waals surface area (Å²) in [5.41, 5.74) is 1.10. The summed E-state index contributed by atoms with van der Waals surface area (Å²) in [5, 5.41) is 0.